The predicted molar refractivity (Wildman–Crippen MR) is 124 cm³/mol. The molecule has 0 spiro atoms. The van der Waals surface area contributed by atoms with E-state index in [1.807, 2.05) is 65.8 Å². The number of carbonyl (C=O) groups excluding carboxylic acids is 2. The van der Waals surface area contributed by atoms with Crippen molar-refractivity contribution in [3.05, 3.63) is 68.8 Å². The zero-order valence-corrected chi connectivity index (χ0v) is 20.3. The molecule has 5 heteroatoms. The maximum Gasteiger partial charge on any atom is 0.229 e. The molecule has 0 saturated carbocycles. The summed E-state index contributed by atoms with van der Waals surface area (Å²) in [5.74, 6) is 0. The second-order valence-electron chi connectivity index (χ2n) is 7.49. The Morgan fingerprint density at radius 3 is 1.18 bits per heavy atom. The van der Waals surface area contributed by atoms with Gasteiger partial charge in [0.2, 0.25) is 18.2 Å². The molecule has 0 aliphatic heterocycles. The van der Waals surface area contributed by atoms with Crippen LogP contribution >= 0.6 is 16.4 Å². The summed E-state index contributed by atoms with van der Waals surface area (Å²) < 4.78 is 13.3. The molecule has 0 radical (unpaired) electrons. The van der Waals surface area contributed by atoms with Gasteiger partial charge in [0.15, 0.2) is 0 Å². The van der Waals surface area contributed by atoms with Crippen LogP contribution in [0.5, 0.6) is 0 Å². The fourth-order valence-corrected chi connectivity index (χ4v) is 5.30. The van der Waals surface area contributed by atoms with Gasteiger partial charge in [0, 0.05) is 17.8 Å². The Bertz CT molecular complexity index is 839. The monoisotopic (exact) mass is 418 g/mol. The summed E-state index contributed by atoms with van der Waals surface area (Å²) in [5, 5.41) is 0. The maximum absolute atomic E-state index is 13.3. The largest absolute Gasteiger partial charge is 0.307 e. The van der Waals surface area contributed by atoms with Crippen molar-refractivity contribution < 1.29 is 14.2 Å². The third-order valence-corrected chi connectivity index (χ3v) is 6.55. The summed E-state index contributed by atoms with van der Waals surface area (Å²) in [4.78, 5) is 26.1. The van der Waals surface area contributed by atoms with Crippen LogP contribution in [0, 0.1) is 41.5 Å². The van der Waals surface area contributed by atoms with Crippen LogP contribution < -0.4 is 0 Å². The third kappa shape index (κ3) is 5.28. The number of aryl methyl sites for hydroxylation is 6. The van der Waals surface area contributed by atoms with Gasteiger partial charge in [-0.15, -0.1) is 9.24 Å². The Kier molecular flexibility index (Phi) is 8.54. The molecule has 0 aliphatic carbocycles. The number of hydrogen-bond donors (Lipinski definition) is 0. The Balaban J connectivity index is 0.00000122. The van der Waals surface area contributed by atoms with Crippen molar-refractivity contribution in [1.82, 2.24) is 0 Å². The van der Waals surface area contributed by atoms with Crippen LogP contribution in [0.2, 0.25) is 0 Å². The van der Waals surface area contributed by atoms with Gasteiger partial charge in [-0.25, -0.2) is 0 Å². The smallest absolute Gasteiger partial charge is 0.229 e. The summed E-state index contributed by atoms with van der Waals surface area (Å²) >= 11 is 0. The highest BCUT2D eigenvalue weighted by atomic mass is 31.2. The second kappa shape index (κ2) is 9.77. The molecule has 152 valence electrons. The van der Waals surface area contributed by atoms with Crippen LogP contribution in [0.4, 0.5) is 0 Å². The molecule has 0 bridgehead atoms. The molecule has 2 rings (SSSR count). The van der Waals surface area contributed by atoms with Gasteiger partial charge in [-0.05, 0) is 70.0 Å². The van der Waals surface area contributed by atoms with Crippen molar-refractivity contribution in [3.63, 3.8) is 0 Å². The summed E-state index contributed by atoms with van der Waals surface area (Å²) in [5.41, 5.74) is 4.83. The van der Waals surface area contributed by atoms with E-state index in [1.54, 1.807) is 0 Å². The van der Waals surface area contributed by atoms with Crippen molar-refractivity contribution in [2.24, 2.45) is 0 Å². The van der Waals surface area contributed by atoms with E-state index in [9.17, 15) is 14.2 Å². The van der Waals surface area contributed by atoms with Gasteiger partial charge in [0.05, 0.1) is 0 Å². The van der Waals surface area contributed by atoms with Gasteiger partial charge in [0.25, 0.3) is 0 Å². The summed E-state index contributed by atoms with van der Waals surface area (Å²) in [6.07, 6.45) is 1.17. The van der Waals surface area contributed by atoms with Crippen molar-refractivity contribution in [2.45, 2.75) is 48.5 Å². The van der Waals surface area contributed by atoms with Crippen LogP contribution in [0.15, 0.2) is 24.3 Å². The summed E-state index contributed by atoms with van der Waals surface area (Å²) in [6, 6.07) is 7.53. The number of rotatable bonds is 4. The van der Waals surface area contributed by atoms with E-state index in [2.05, 4.69) is 16.2 Å². The average Bonchev–Trinajstić information content (AvgIpc) is 2.53. The van der Waals surface area contributed by atoms with Crippen LogP contribution in [0.3, 0.4) is 0 Å². The van der Waals surface area contributed by atoms with Crippen molar-refractivity contribution in [3.8, 4) is 0 Å². The van der Waals surface area contributed by atoms with Crippen molar-refractivity contribution in [2.75, 3.05) is 12.8 Å². The fraction of sp³-hybridized carbons (Fsp3) is 0.391. The lowest BCUT2D eigenvalue weighted by Gasteiger charge is -2.17. The van der Waals surface area contributed by atoms with Gasteiger partial charge in [-0.3, -0.25) is 9.59 Å². The lowest BCUT2D eigenvalue weighted by molar-refractivity contribution is 0.103. The molecule has 0 heterocycles. The minimum absolute atomic E-state index is 0.409. The molecular weight excluding hydrogens is 386 g/mol. The number of hydrogen-bond acceptors (Lipinski definition) is 3. The van der Waals surface area contributed by atoms with Crippen LogP contribution in [-0.4, -0.2) is 23.9 Å². The predicted octanol–water partition coefficient (Wildman–Crippen LogP) is 6.39. The molecule has 2 aromatic rings. The first-order chi connectivity index (χ1) is 12.9. The Labute approximate surface area is 171 Å². The van der Waals surface area contributed by atoms with E-state index in [-0.39, 0.29) is 0 Å². The first-order valence-electron chi connectivity index (χ1n) is 9.41. The summed E-state index contributed by atoms with van der Waals surface area (Å²) in [6.45, 7) is 14.6. The highest BCUT2D eigenvalue weighted by Gasteiger charge is 2.38. The van der Waals surface area contributed by atoms with E-state index >= 15 is 0 Å². The molecule has 0 fully saturated rings. The molecule has 3 nitrogen and oxygen atoms in total. The molecular formula is C23H32O3P2. The van der Waals surface area contributed by atoms with E-state index in [0.717, 1.165) is 33.4 Å². The van der Waals surface area contributed by atoms with Crippen molar-refractivity contribution in [1.29, 1.82) is 0 Å². The van der Waals surface area contributed by atoms with E-state index in [1.165, 1.54) is 12.8 Å². The second-order valence-corrected chi connectivity index (χ2v) is 11.0. The molecule has 1 atom stereocenters. The lowest BCUT2D eigenvalue weighted by Crippen LogP contribution is -2.14. The van der Waals surface area contributed by atoms with Crippen LogP contribution in [0.25, 0.3) is 0 Å². The minimum atomic E-state index is -3.73. The van der Waals surface area contributed by atoms with Gasteiger partial charge in [0.1, 0.15) is 0 Å². The summed E-state index contributed by atoms with van der Waals surface area (Å²) in [7, 11) is -1.16. The average molecular weight is 418 g/mol. The lowest BCUT2D eigenvalue weighted by atomic mass is 10.0. The van der Waals surface area contributed by atoms with Gasteiger partial charge < -0.3 is 4.57 Å². The quantitative estimate of drug-likeness (QED) is 0.541. The van der Waals surface area contributed by atoms with Gasteiger partial charge in [-0.2, -0.15) is 0 Å². The molecule has 2 aromatic carbocycles. The third-order valence-electron chi connectivity index (χ3n) is 4.56. The zero-order valence-electron chi connectivity index (χ0n) is 18.3. The van der Waals surface area contributed by atoms with Crippen LogP contribution in [-0.2, 0) is 4.57 Å². The molecule has 0 saturated heterocycles. The number of carbonyl (C=O) groups is 2. The minimum Gasteiger partial charge on any atom is -0.307 e. The fourth-order valence-electron chi connectivity index (χ4n) is 3.55. The highest BCUT2D eigenvalue weighted by molar-refractivity contribution is 7.94. The topological polar surface area (TPSA) is 51.2 Å². The van der Waals surface area contributed by atoms with Crippen LogP contribution in [0.1, 0.15) is 61.0 Å². The molecule has 1 unspecified atom stereocenters. The standard InChI is InChI=1S/C21H25O3P.C2H7P/c1-12-8-14(3)18(15(4)9-12)20(22)25(7,24)21(23)19-16(5)10-13(2)11-17(19)6;1-2-3/h8-11H,1-7H3;2-3H2,1H3. The Hall–Kier alpha value is -1.56. The van der Waals surface area contributed by atoms with Crippen molar-refractivity contribution >= 4 is 27.4 Å². The maximum atomic E-state index is 13.3. The SMILES string of the molecule is CCP.Cc1cc(C)c(C(=O)P(C)(=O)C(=O)c2c(C)cc(C)cc2C)c(C)c1. The zero-order chi connectivity index (χ0) is 21.8. The molecule has 0 N–H and O–H groups in total. The highest BCUT2D eigenvalue weighted by Crippen LogP contribution is 2.50. The van der Waals surface area contributed by atoms with E-state index < -0.39 is 18.2 Å². The Morgan fingerprint density at radius 1 is 0.750 bits per heavy atom. The van der Waals surface area contributed by atoms with Gasteiger partial charge >= 0.3 is 0 Å². The van der Waals surface area contributed by atoms with E-state index in [0.29, 0.717) is 11.1 Å². The first-order valence-corrected chi connectivity index (χ1v) is 12.4. The molecule has 28 heavy (non-hydrogen) atoms. The first kappa shape index (κ1) is 24.5. The molecule has 0 aromatic heterocycles. The molecule has 0 amide bonds. The number of benzene rings is 2. The molecule has 0 aliphatic rings. The normalized spacial score (nSPS) is 10.9. The van der Waals surface area contributed by atoms with E-state index in [4.69, 9.17) is 0 Å². The Morgan fingerprint density at radius 2 is 0.964 bits per heavy atom. The van der Waals surface area contributed by atoms with Gasteiger partial charge in [-0.1, -0.05) is 42.3 Å².